The Morgan fingerprint density at radius 2 is 1.85 bits per heavy atom. The number of ether oxygens (including phenoxy) is 1. The molecule has 1 aromatic carbocycles. The van der Waals surface area contributed by atoms with E-state index in [1.54, 1.807) is 25.2 Å². The fraction of sp³-hybridized carbons (Fsp3) is 0.533. The highest BCUT2D eigenvalue weighted by Crippen LogP contribution is 2.27. The first-order valence-electron chi connectivity index (χ1n) is 14.3. The number of fused-ring (bicyclic) bond motifs is 1. The molecule has 1 saturated carbocycles. The average molecular weight is 549 g/mol. The summed E-state index contributed by atoms with van der Waals surface area (Å²) in [5.41, 5.74) is 7.21. The molecule has 3 heterocycles. The molecule has 0 bridgehead atoms. The van der Waals surface area contributed by atoms with Gasteiger partial charge in [-0.15, -0.1) is 0 Å². The van der Waals surface area contributed by atoms with Crippen LogP contribution in [0, 0.1) is 5.92 Å². The Morgan fingerprint density at radius 3 is 2.58 bits per heavy atom. The van der Waals surface area contributed by atoms with Crippen molar-refractivity contribution in [3.05, 3.63) is 62.3 Å². The van der Waals surface area contributed by atoms with Crippen molar-refractivity contribution in [2.75, 3.05) is 24.6 Å². The van der Waals surface area contributed by atoms with Crippen LogP contribution in [0.25, 0.3) is 11.2 Å². The SMILES string of the molecule is CC(C)=CCn1c(N2CCCC(N)C2)nc2c1c(=O)n(CC(=O)c1ccccc1OCC1CCCC1)c(=O)n2C. The predicted octanol–water partition coefficient (Wildman–Crippen LogP) is 3.24. The van der Waals surface area contributed by atoms with E-state index >= 15 is 0 Å². The Bertz CT molecular complexity index is 1540. The van der Waals surface area contributed by atoms with E-state index in [4.69, 9.17) is 15.5 Å². The first-order valence-corrected chi connectivity index (χ1v) is 14.3. The molecule has 5 rings (SSSR count). The van der Waals surface area contributed by atoms with Gasteiger partial charge in [0.05, 0.1) is 18.7 Å². The number of benzene rings is 1. The van der Waals surface area contributed by atoms with Gasteiger partial charge in [0.25, 0.3) is 5.56 Å². The zero-order valence-electron chi connectivity index (χ0n) is 23.8. The Balaban J connectivity index is 1.53. The van der Waals surface area contributed by atoms with Gasteiger partial charge in [-0.3, -0.25) is 18.7 Å². The van der Waals surface area contributed by atoms with Crippen molar-refractivity contribution in [3.8, 4) is 5.75 Å². The van der Waals surface area contributed by atoms with Crippen molar-refractivity contribution in [2.45, 2.75) is 71.5 Å². The zero-order chi connectivity index (χ0) is 28.4. The van der Waals surface area contributed by atoms with Crippen LogP contribution in [0.15, 0.2) is 45.5 Å². The van der Waals surface area contributed by atoms with E-state index in [9.17, 15) is 14.4 Å². The minimum Gasteiger partial charge on any atom is -0.493 e. The highest BCUT2D eigenvalue weighted by atomic mass is 16.5. The van der Waals surface area contributed by atoms with Gasteiger partial charge in [0.1, 0.15) is 5.75 Å². The number of aromatic nitrogens is 4. The quantitative estimate of drug-likeness (QED) is 0.322. The van der Waals surface area contributed by atoms with E-state index in [0.29, 0.717) is 54.0 Å². The highest BCUT2D eigenvalue weighted by Gasteiger charge is 2.27. The molecule has 2 aliphatic rings. The third kappa shape index (κ3) is 5.63. The molecule has 10 heteroatoms. The lowest BCUT2D eigenvalue weighted by atomic mass is 10.1. The first kappa shape index (κ1) is 27.9. The Labute approximate surface area is 234 Å². The molecule has 40 heavy (non-hydrogen) atoms. The Hall–Kier alpha value is -3.66. The number of Topliss-reactive ketones (excluding diaryl/α,β-unsaturated/α-hetero) is 1. The fourth-order valence-corrected chi connectivity index (χ4v) is 5.82. The Kier molecular flexibility index (Phi) is 8.25. The standard InChI is InChI=1S/C30H40N6O4/c1-20(2)14-16-35-26-27(32-29(35)34-15-8-11-22(31)17-34)33(3)30(39)36(28(26)38)18-24(37)23-12-6-7-13-25(23)40-19-21-9-4-5-10-21/h6-7,12-14,21-22H,4-5,8-11,15-19,31H2,1-3H3. The van der Waals surface area contributed by atoms with Crippen molar-refractivity contribution < 1.29 is 9.53 Å². The van der Waals surface area contributed by atoms with Crippen molar-refractivity contribution >= 4 is 22.9 Å². The van der Waals surface area contributed by atoms with E-state index in [0.717, 1.165) is 42.4 Å². The summed E-state index contributed by atoms with van der Waals surface area (Å²) in [6.45, 7) is 5.97. The molecule has 1 aliphatic carbocycles. The maximum atomic E-state index is 13.9. The summed E-state index contributed by atoms with van der Waals surface area (Å²) < 4.78 is 10.3. The summed E-state index contributed by atoms with van der Waals surface area (Å²) >= 11 is 0. The van der Waals surface area contributed by atoms with E-state index in [2.05, 4.69) is 4.90 Å². The van der Waals surface area contributed by atoms with Gasteiger partial charge in [0, 0.05) is 32.7 Å². The first-order chi connectivity index (χ1) is 19.2. The molecule has 2 aromatic heterocycles. The van der Waals surface area contributed by atoms with Crippen LogP contribution in [0.5, 0.6) is 5.75 Å². The third-order valence-corrected chi connectivity index (χ3v) is 8.07. The summed E-state index contributed by atoms with van der Waals surface area (Å²) in [4.78, 5) is 47.7. The van der Waals surface area contributed by atoms with E-state index in [1.165, 1.54) is 17.4 Å². The zero-order valence-corrected chi connectivity index (χ0v) is 23.8. The normalized spacial score (nSPS) is 17.9. The van der Waals surface area contributed by atoms with Crippen LogP contribution in [-0.4, -0.2) is 50.2 Å². The average Bonchev–Trinajstić information content (AvgIpc) is 3.60. The molecule has 10 nitrogen and oxygen atoms in total. The maximum absolute atomic E-state index is 13.9. The lowest BCUT2D eigenvalue weighted by Crippen LogP contribution is -2.44. The number of aryl methyl sites for hydroxylation is 1. The number of hydrogen-bond acceptors (Lipinski definition) is 7. The van der Waals surface area contributed by atoms with Gasteiger partial charge in [-0.25, -0.2) is 4.79 Å². The number of anilines is 1. The van der Waals surface area contributed by atoms with Crippen molar-refractivity contribution in [1.29, 1.82) is 0 Å². The number of para-hydroxylation sites is 1. The highest BCUT2D eigenvalue weighted by molar-refractivity contribution is 5.98. The molecule has 2 N–H and O–H groups in total. The molecule has 3 aromatic rings. The molecule has 1 aliphatic heterocycles. The molecule has 0 amide bonds. The number of carbonyl (C=O) groups excluding carboxylic acids is 1. The molecular formula is C30H40N6O4. The minimum absolute atomic E-state index is 0.0134. The van der Waals surface area contributed by atoms with Crippen LogP contribution in [0.3, 0.4) is 0 Å². The van der Waals surface area contributed by atoms with Gasteiger partial charge in [-0.1, -0.05) is 36.6 Å². The molecule has 1 saturated heterocycles. The number of nitrogens with two attached hydrogens (primary N) is 1. The number of hydrogen-bond donors (Lipinski definition) is 1. The van der Waals surface area contributed by atoms with Crippen LogP contribution in [0.4, 0.5) is 5.95 Å². The van der Waals surface area contributed by atoms with Crippen LogP contribution in [0.1, 0.15) is 62.7 Å². The van der Waals surface area contributed by atoms with Crippen LogP contribution < -0.4 is 26.6 Å². The smallest absolute Gasteiger partial charge is 0.332 e. The summed E-state index contributed by atoms with van der Waals surface area (Å²) in [6, 6.07) is 7.07. The third-order valence-electron chi connectivity index (χ3n) is 8.07. The molecule has 1 atom stereocenters. The monoisotopic (exact) mass is 548 g/mol. The van der Waals surface area contributed by atoms with E-state index < -0.39 is 11.2 Å². The number of rotatable bonds is 9. The Morgan fingerprint density at radius 1 is 1.10 bits per heavy atom. The fourth-order valence-electron chi connectivity index (χ4n) is 5.82. The van der Waals surface area contributed by atoms with Gasteiger partial charge in [-0.2, -0.15) is 4.98 Å². The number of nitrogens with zero attached hydrogens (tertiary/aromatic N) is 5. The summed E-state index contributed by atoms with van der Waals surface area (Å²) in [6.07, 6.45) is 8.56. The van der Waals surface area contributed by atoms with E-state index in [-0.39, 0.29) is 18.4 Å². The van der Waals surface area contributed by atoms with Gasteiger partial charge in [0.2, 0.25) is 5.95 Å². The van der Waals surface area contributed by atoms with Crippen molar-refractivity contribution in [3.63, 3.8) is 0 Å². The molecule has 2 fully saturated rings. The lowest BCUT2D eigenvalue weighted by molar-refractivity contribution is 0.0963. The largest absolute Gasteiger partial charge is 0.493 e. The van der Waals surface area contributed by atoms with Gasteiger partial charge >= 0.3 is 5.69 Å². The molecule has 0 spiro atoms. The lowest BCUT2D eigenvalue weighted by Gasteiger charge is -2.31. The molecular weight excluding hydrogens is 508 g/mol. The van der Waals surface area contributed by atoms with Crippen LogP contribution in [0.2, 0.25) is 0 Å². The van der Waals surface area contributed by atoms with Crippen LogP contribution >= 0.6 is 0 Å². The number of carbonyl (C=O) groups is 1. The minimum atomic E-state index is -0.580. The number of piperidine rings is 1. The summed E-state index contributed by atoms with van der Waals surface area (Å²) in [5.74, 6) is 1.25. The number of ketones is 1. The molecule has 214 valence electrons. The predicted molar refractivity (Wildman–Crippen MR) is 156 cm³/mol. The topological polar surface area (TPSA) is 117 Å². The van der Waals surface area contributed by atoms with Crippen LogP contribution in [-0.2, 0) is 20.1 Å². The maximum Gasteiger partial charge on any atom is 0.332 e. The van der Waals surface area contributed by atoms with Gasteiger partial charge in [0.15, 0.2) is 16.9 Å². The molecule has 1 unspecified atom stereocenters. The second kappa shape index (κ2) is 11.8. The second-order valence-electron chi connectivity index (χ2n) is 11.4. The van der Waals surface area contributed by atoms with Gasteiger partial charge in [-0.05, 0) is 57.6 Å². The molecule has 0 radical (unpaired) electrons. The summed E-state index contributed by atoms with van der Waals surface area (Å²) in [7, 11) is 1.59. The van der Waals surface area contributed by atoms with Crippen molar-refractivity contribution in [2.24, 2.45) is 18.7 Å². The number of allylic oxidation sites excluding steroid dienone is 2. The van der Waals surface area contributed by atoms with Gasteiger partial charge < -0.3 is 19.9 Å². The number of imidazole rings is 1. The second-order valence-corrected chi connectivity index (χ2v) is 11.4. The van der Waals surface area contributed by atoms with E-state index in [1.807, 2.05) is 30.6 Å². The summed E-state index contributed by atoms with van der Waals surface area (Å²) in [5, 5.41) is 0. The van der Waals surface area contributed by atoms with Crippen molar-refractivity contribution in [1.82, 2.24) is 18.7 Å².